The molecule has 0 aliphatic heterocycles. The van der Waals surface area contributed by atoms with Gasteiger partial charge in [-0.25, -0.2) is 13.1 Å². The summed E-state index contributed by atoms with van der Waals surface area (Å²) in [6.45, 7) is 5.82. The Hall–Kier alpha value is -1.07. The molecule has 0 aromatic heterocycles. The zero-order valence-corrected chi connectivity index (χ0v) is 15.6. The summed E-state index contributed by atoms with van der Waals surface area (Å²) in [6, 6.07) is 10.5. The SMILES string of the molecule is Cc1ccc(C(C)NS(=O)(=O)Cc2ccc(Cl)cc2Cl)c(C)c1. The Morgan fingerprint density at radius 1 is 1.09 bits per heavy atom. The van der Waals surface area contributed by atoms with E-state index in [1.165, 1.54) is 0 Å². The van der Waals surface area contributed by atoms with Crippen LogP contribution >= 0.6 is 23.2 Å². The van der Waals surface area contributed by atoms with Gasteiger partial charge in [0.15, 0.2) is 0 Å². The van der Waals surface area contributed by atoms with Crippen molar-refractivity contribution in [2.45, 2.75) is 32.6 Å². The predicted octanol–water partition coefficient (Wildman–Crippen LogP) is 4.79. The van der Waals surface area contributed by atoms with Crippen LogP contribution in [0, 0.1) is 13.8 Å². The van der Waals surface area contributed by atoms with E-state index in [0.29, 0.717) is 15.6 Å². The van der Waals surface area contributed by atoms with E-state index in [4.69, 9.17) is 23.2 Å². The first-order valence-corrected chi connectivity index (χ1v) is 9.60. The van der Waals surface area contributed by atoms with Gasteiger partial charge in [-0.15, -0.1) is 0 Å². The molecule has 2 aromatic carbocycles. The first-order chi connectivity index (χ1) is 10.7. The van der Waals surface area contributed by atoms with E-state index in [1.54, 1.807) is 18.2 Å². The number of aryl methyl sites for hydroxylation is 2. The minimum atomic E-state index is -3.52. The molecule has 0 aliphatic carbocycles. The van der Waals surface area contributed by atoms with E-state index in [0.717, 1.165) is 16.7 Å². The third kappa shape index (κ3) is 4.95. The van der Waals surface area contributed by atoms with Gasteiger partial charge in [0.1, 0.15) is 0 Å². The van der Waals surface area contributed by atoms with Crippen LogP contribution in [0.4, 0.5) is 0 Å². The van der Waals surface area contributed by atoms with Crippen molar-refractivity contribution in [2.24, 2.45) is 0 Å². The molecular weight excluding hydrogens is 353 g/mol. The van der Waals surface area contributed by atoms with Crippen LogP contribution in [-0.2, 0) is 15.8 Å². The molecule has 6 heteroatoms. The van der Waals surface area contributed by atoms with Gasteiger partial charge in [-0.3, -0.25) is 0 Å². The van der Waals surface area contributed by atoms with Crippen molar-refractivity contribution in [2.75, 3.05) is 0 Å². The van der Waals surface area contributed by atoms with Crippen molar-refractivity contribution in [3.8, 4) is 0 Å². The fraction of sp³-hybridized carbons (Fsp3) is 0.294. The van der Waals surface area contributed by atoms with Crippen molar-refractivity contribution in [3.05, 3.63) is 68.7 Å². The average Bonchev–Trinajstić information content (AvgIpc) is 2.41. The second-order valence-electron chi connectivity index (χ2n) is 5.69. The molecule has 1 unspecified atom stereocenters. The lowest BCUT2D eigenvalue weighted by atomic mass is 10.0. The molecule has 0 spiro atoms. The maximum atomic E-state index is 12.4. The highest BCUT2D eigenvalue weighted by atomic mass is 35.5. The molecule has 23 heavy (non-hydrogen) atoms. The molecule has 0 heterocycles. The Bertz CT molecular complexity index is 819. The largest absolute Gasteiger partial charge is 0.216 e. The lowest BCUT2D eigenvalue weighted by Gasteiger charge is -2.17. The third-order valence-electron chi connectivity index (χ3n) is 3.61. The zero-order valence-electron chi connectivity index (χ0n) is 13.2. The van der Waals surface area contributed by atoms with Gasteiger partial charge in [-0.05, 0) is 49.6 Å². The van der Waals surface area contributed by atoms with Gasteiger partial charge in [-0.2, -0.15) is 0 Å². The lowest BCUT2D eigenvalue weighted by Crippen LogP contribution is -2.28. The molecule has 0 bridgehead atoms. The van der Waals surface area contributed by atoms with E-state index >= 15 is 0 Å². The van der Waals surface area contributed by atoms with Crippen LogP contribution in [0.2, 0.25) is 10.0 Å². The smallest absolute Gasteiger partial charge is 0.212 e. The second-order valence-corrected chi connectivity index (χ2v) is 8.29. The highest BCUT2D eigenvalue weighted by molar-refractivity contribution is 7.88. The van der Waals surface area contributed by atoms with Crippen LogP contribution in [0.3, 0.4) is 0 Å². The fourth-order valence-corrected chi connectivity index (χ4v) is 4.49. The van der Waals surface area contributed by atoms with E-state index < -0.39 is 10.0 Å². The van der Waals surface area contributed by atoms with E-state index in [2.05, 4.69) is 4.72 Å². The van der Waals surface area contributed by atoms with E-state index in [1.807, 2.05) is 39.0 Å². The van der Waals surface area contributed by atoms with E-state index in [9.17, 15) is 8.42 Å². The third-order valence-corrected chi connectivity index (χ3v) is 5.60. The summed E-state index contributed by atoms with van der Waals surface area (Å²) in [5.41, 5.74) is 3.69. The van der Waals surface area contributed by atoms with Crippen LogP contribution in [0.5, 0.6) is 0 Å². The number of hydrogen-bond acceptors (Lipinski definition) is 2. The standard InChI is InChI=1S/C17H19Cl2NO2S/c1-11-4-7-16(12(2)8-11)13(3)20-23(21,22)10-14-5-6-15(18)9-17(14)19/h4-9,13,20H,10H2,1-3H3. The summed E-state index contributed by atoms with van der Waals surface area (Å²) in [5.74, 6) is -0.182. The molecule has 124 valence electrons. The normalized spacial score (nSPS) is 13.1. The minimum absolute atomic E-state index is 0.182. The van der Waals surface area contributed by atoms with Gasteiger partial charge in [0.05, 0.1) is 5.75 Å². The molecule has 0 amide bonds. The average molecular weight is 372 g/mol. The first kappa shape index (κ1) is 18.3. The van der Waals surface area contributed by atoms with Crippen LogP contribution in [-0.4, -0.2) is 8.42 Å². The molecule has 1 atom stereocenters. The summed E-state index contributed by atoms with van der Waals surface area (Å²) in [4.78, 5) is 0. The van der Waals surface area contributed by atoms with Crippen molar-refractivity contribution < 1.29 is 8.42 Å². The van der Waals surface area contributed by atoms with Crippen molar-refractivity contribution in [1.82, 2.24) is 4.72 Å². The summed E-state index contributed by atoms with van der Waals surface area (Å²) in [7, 11) is -3.52. The van der Waals surface area contributed by atoms with Gasteiger partial charge in [0, 0.05) is 16.1 Å². The lowest BCUT2D eigenvalue weighted by molar-refractivity contribution is 0.565. The molecule has 0 fully saturated rings. The molecule has 0 saturated carbocycles. The summed E-state index contributed by atoms with van der Waals surface area (Å²) in [6.07, 6.45) is 0. The van der Waals surface area contributed by atoms with Gasteiger partial charge in [0.2, 0.25) is 10.0 Å². The van der Waals surface area contributed by atoms with Crippen molar-refractivity contribution in [1.29, 1.82) is 0 Å². The molecule has 0 saturated heterocycles. The number of halogens is 2. The second kappa shape index (κ2) is 7.22. The van der Waals surface area contributed by atoms with Gasteiger partial charge in [0.25, 0.3) is 0 Å². The minimum Gasteiger partial charge on any atom is -0.212 e. The maximum absolute atomic E-state index is 12.4. The van der Waals surface area contributed by atoms with Crippen LogP contribution in [0.25, 0.3) is 0 Å². The van der Waals surface area contributed by atoms with E-state index in [-0.39, 0.29) is 11.8 Å². The van der Waals surface area contributed by atoms with Crippen molar-refractivity contribution >= 4 is 33.2 Å². The zero-order chi connectivity index (χ0) is 17.2. The molecule has 2 aromatic rings. The van der Waals surface area contributed by atoms with Crippen LogP contribution in [0.1, 0.15) is 35.2 Å². The van der Waals surface area contributed by atoms with Gasteiger partial charge >= 0.3 is 0 Å². The summed E-state index contributed by atoms with van der Waals surface area (Å²) >= 11 is 11.9. The highest BCUT2D eigenvalue weighted by Gasteiger charge is 2.19. The fourth-order valence-electron chi connectivity index (χ4n) is 2.53. The molecule has 2 rings (SSSR count). The predicted molar refractivity (Wildman–Crippen MR) is 96.6 cm³/mol. The Balaban J connectivity index is 2.17. The van der Waals surface area contributed by atoms with Crippen LogP contribution < -0.4 is 4.72 Å². The molecular formula is C17H19Cl2NO2S. The number of rotatable bonds is 5. The van der Waals surface area contributed by atoms with Gasteiger partial charge < -0.3 is 0 Å². The maximum Gasteiger partial charge on any atom is 0.216 e. The van der Waals surface area contributed by atoms with Crippen LogP contribution in [0.15, 0.2) is 36.4 Å². The molecule has 0 aliphatic rings. The quantitative estimate of drug-likeness (QED) is 0.820. The topological polar surface area (TPSA) is 46.2 Å². The molecule has 1 N–H and O–H groups in total. The summed E-state index contributed by atoms with van der Waals surface area (Å²) in [5, 5.41) is 0.829. The molecule has 0 radical (unpaired) electrons. The Morgan fingerprint density at radius 2 is 1.78 bits per heavy atom. The Kier molecular flexibility index (Phi) is 5.74. The van der Waals surface area contributed by atoms with Gasteiger partial charge in [-0.1, -0.05) is 53.0 Å². The molecule has 3 nitrogen and oxygen atoms in total. The van der Waals surface area contributed by atoms with Crippen molar-refractivity contribution in [3.63, 3.8) is 0 Å². The Morgan fingerprint density at radius 3 is 2.39 bits per heavy atom. The number of sulfonamides is 1. The number of nitrogens with one attached hydrogen (secondary N) is 1. The number of benzene rings is 2. The summed E-state index contributed by atoms with van der Waals surface area (Å²) < 4.78 is 27.5. The Labute approximate surface area is 147 Å². The highest BCUT2D eigenvalue weighted by Crippen LogP contribution is 2.24. The number of hydrogen-bond donors (Lipinski definition) is 1. The monoisotopic (exact) mass is 371 g/mol. The first-order valence-electron chi connectivity index (χ1n) is 7.19.